The highest BCUT2D eigenvalue weighted by Gasteiger charge is 2.30. The SMILES string of the molecule is COC(=O)[C@@H](NC(=O)c1ccc2nc(NC(=O)c3ccccc3-c3ccc(C(F)(F)F)cc3)ccc2c1)c1ccccc1. The molecule has 0 fully saturated rings. The first kappa shape index (κ1) is 29.0. The summed E-state index contributed by atoms with van der Waals surface area (Å²) in [6, 6.07) is 26.9. The molecule has 0 saturated carbocycles. The molecule has 1 heterocycles. The van der Waals surface area contributed by atoms with Crippen molar-refractivity contribution in [2.75, 3.05) is 12.4 Å². The Hall–Kier alpha value is -5.51. The minimum absolute atomic E-state index is 0.242. The molecule has 0 saturated heterocycles. The van der Waals surface area contributed by atoms with Crippen LogP contribution in [0.5, 0.6) is 0 Å². The fraction of sp³-hybridized carbons (Fsp3) is 0.0909. The number of pyridine rings is 1. The van der Waals surface area contributed by atoms with E-state index in [0.717, 1.165) is 12.1 Å². The summed E-state index contributed by atoms with van der Waals surface area (Å²) in [5.74, 6) is -1.35. The van der Waals surface area contributed by atoms with Crippen LogP contribution in [-0.2, 0) is 15.7 Å². The van der Waals surface area contributed by atoms with Crippen LogP contribution in [-0.4, -0.2) is 29.9 Å². The summed E-state index contributed by atoms with van der Waals surface area (Å²) in [5, 5.41) is 6.06. The summed E-state index contributed by atoms with van der Waals surface area (Å²) in [6.45, 7) is 0. The average molecular weight is 584 g/mol. The van der Waals surface area contributed by atoms with Gasteiger partial charge in [-0.25, -0.2) is 9.78 Å². The molecular weight excluding hydrogens is 559 g/mol. The van der Waals surface area contributed by atoms with E-state index in [1.807, 2.05) is 0 Å². The van der Waals surface area contributed by atoms with Crippen LogP contribution < -0.4 is 10.6 Å². The van der Waals surface area contributed by atoms with Crippen molar-refractivity contribution in [2.45, 2.75) is 12.2 Å². The van der Waals surface area contributed by atoms with E-state index in [2.05, 4.69) is 15.6 Å². The number of nitrogens with zero attached hydrogens (tertiary/aromatic N) is 1. The first-order chi connectivity index (χ1) is 20.6. The summed E-state index contributed by atoms with van der Waals surface area (Å²) in [7, 11) is 1.25. The van der Waals surface area contributed by atoms with Gasteiger partial charge in [-0.1, -0.05) is 60.7 Å². The Morgan fingerprint density at radius 3 is 2.19 bits per heavy atom. The van der Waals surface area contributed by atoms with E-state index < -0.39 is 35.6 Å². The van der Waals surface area contributed by atoms with Crippen LogP contribution in [0.4, 0.5) is 19.0 Å². The van der Waals surface area contributed by atoms with Gasteiger partial charge >= 0.3 is 12.1 Å². The number of hydrogen-bond acceptors (Lipinski definition) is 5. The van der Waals surface area contributed by atoms with Gasteiger partial charge in [0.1, 0.15) is 5.82 Å². The zero-order chi connectivity index (χ0) is 30.6. The summed E-state index contributed by atoms with van der Waals surface area (Å²) in [6.07, 6.45) is -4.46. The number of amides is 2. The van der Waals surface area contributed by atoms with Crippen molar-refractivity contribution in [3.8, 4) is 11.1 Å². The first-order valence-electron chi connectivity index (χ1n) is 13.1. The second-order valence-corrected chi connectivity index (χ2v) is 9.52. The van der Waals surface area contributed by atoms with Crippen LogP contribution in [0.2, 0.25) is 0 Å². The standard InChI is InChI=1S/C33H24F3N3O4/c1-43-32(42)29(21-7-3-2-4-8-21)39-30(40)23-13-17-27-22(19-23)14-18-28(37-27)38-31(41)26-10-6-5-9-25(26)20-11-15-24(16-12-20)33(34,35)36/h2-19,29H,1H3,(H,39,40)(H,37,38,41)/t29-/m0/s1. The van der Waals surface area contributed by atoms with Crippen molar-refractivity contribution in [1.29, 1.82) is 0 Å². The number of anilines is 1. The van der Waals surface area contributed by atoms with Crippen LogP contribution in [0.25, 0.3) is 22.0 Å². The molecule has 0 bridgehead atoms. The van der Waals surface area contributed by atoms with E-state index in [0.29, 0.717) is 33.2 Å². The van der Waals surface area contributed by atoms with Gasteiger partial charge in [0.25, 0.3) is 11.8 Å². The highest BCUT2D eigenvalue weighted by atomic mass is 19.4. The Kier molecular flexibility index (Phi) is 8.20. The normalized spacial score (nSPS) is 11.9. The van der Waals surface area contributed by atoms with Crippen LogP contribution >= 0.6 is 0 Å². The summed E-state index contributed by atoms with van der Waals surface area (Å²) < 4.78 is 43.8. The Balaban J connectivity index is 1.34. The second-order valence-electron chi connectivity index (χ2n) is 9.52. The molecule has 0 spiro atoms. The van der Waals surface area contributed by atoms with Crippen molar-refractivity contribution in [1.82, 2.24) is 10.3 Å². The zero-order valence-electron chi connectivity index (χ0n) is 22.7. The lowest BCUT2D eigenvalue weighted by molar-refractivity contribution is -0.143. The smallest absolute Gasteiger partial charge is 0.416 e. The van der Waals surface area contributed by atoms with Gasteiger partial charge in [0.05, 0.1) is 18.2 Å². The lowest BCUT2D eigenvalue weighted by Gasteiger charge is -2.17. The maximum atomic E-state index is 13.2. The van der Waals surface area contributed by atoms with Crippen molar-refractivity contribution < 1.29 is 32.3 Å². The van der Waals surface area contributed by atoms with Gasteiger partial charge in [-0.2, -0.15) is 13.2 Å². The summed E-state index contributed by atoms with van der Waals surface area (Å²) in [4.78, 5) is 43.0. The van der Waals surface area contributed by atoms with Crippen molar-refractivity contribution >= 4 is 34.5 Å². The quantitative estimate of drug-likeness (QED) is 0.205. The number of esters is 1. The molecule has 2 amide bonds. The molecule has 1 aromatic heterocycles. The fourth-order valence-corrected chi connectivity index (χ4v) is 4.55. The molecule has 5 aromatic rings. The largest absolute Gasteiger partial charge is 0.467 e. The number of benzene rings is 4. The number of fused-ring (bicyclic) bond motifs is 1. The highest BCUT2D eigenvalue weighted by Crippen LogP contribution is 2.32. The third-order valence-electron chi connectivity index (χ3n) is 6.73. The molecule has 2 N–H and O–H groups in total. The van der Waals surface area contributed by atoms with Gasteiger partial charge in [-0.05, 0) is 65.2 Å². The van der Waals surface area contributed by atoms with Gasteiger partial charge in [-0.3, -0.25) is 9.59 Å². The van der Waals surface area contributed by atoms with Gasteiger partial charge in [0.15, 0.2) is 6.04 Å². The van der Waals surface area contributed by atoms with E-state index >= 15 is 0 Å². The van der Waals surface area contributed by atoms with Crippen LogP contribution in [0.15, 0.2) is 109 Å². The zero-order valence-corrected chi connectivity index (χ0v) is 22.7. The Morgan fingerprint density at radius 2 is 1.49 bits per heavy atom. The number of hydrogen-bond donors (Lipinski definition) is 2. The number of carbonyl (C=O) groups excluding carboxylic acids is 3. The minimum Gasteiger partial charge on any atom is -0.467 e. The first-order valence-corrected chi connectivity index (χ1v) is 13.1. The molecule has 4 aromatic carbocycles. The molecule has 43 heavy (non-hydrogen) atoms. The molecule has 0 unspecified atom stereocenters. The number of methoxy groups -OCH3 is 1. The van der Waals surface area contributed by atoms with E-state index in [9.17, 15) is 27.6 Å². The summed E-state index contributed by atoms with van der Waals surface area (Å²) in [5.41, 5.74) is 1.77. The predicted molar refractivity (Wildman–Crippen MR) is 155 cm³/mol. The van der Waals surface area contributed by atoms with Gasteiger partial charge in [0.2, 0.25) is 0 Å². The lowest BCUT2D eigenvalue weighted by Crippen LogP contribution is -2.34. The molecule has 7 nitrogen and oxygen atoms in total. The van der Waals surface area contributed by atoms with Crippen molar-refractivity contribution in [3.05, 3.63) is 131 Å². The molecule has 0 aliphatic carbocycles. The molecule has 0 aliphatic heterocycles. The van der Waals surface area contributed by atoms with E-state index in [1.54, 1.807) is 84.9 Å². The maximum absolute atomic E-state index is 13.2. The molecule has 10 heteroatoms. The summed E-state index contributed by atoms with van der Waals surface area (Å²) >= 11 is 0. The van der Waals surface area contributed by atoms with E-state index in [-0.39, 0.29) is 11.4 Å². The fourth-order valence-electron chi connectivity index (χ4n) is 4.55. The number of carbonyl (C=O) groups is 3. The van der Waals surface area contributed by atoms with Gasteiger partial charge in [-0.15, -0.1) is 0 Å². The molecule has 216 valence electrons. The minimum atomic E-state index is -4.46. The van der Waals surface area contributed by atoms with E-state index in [4.69, 9.17) is 4.74 Å². The number of ether oxygens (including phenoxy) is 1. The van der Waals surface area contributed by atoms with Gasteiger partial charge < -0.3 is 15.4 Å². The van der Waals surface area contributed by atoms with Crippen molar-refractivity contribution in [3.63, 3.8) is 0 Å². The number of aromatic nitrogens is 1. The highest BCUT2D eigenvalue weighted by molar-refractivity contribution is 6.08. The molecular formula is C33H24F3N3O4. The lowest BCUT2D eigenvalue weighted by atomic mass is 9.98. The molecule has 0 radical (unpaired) electrons. The monoisotopic (exact) mass is 583 g/mol. The third-order valence-corrected chi connectivity index (χ3v) is 6.73. The molecule has 5 rings (SSSR count). The molecule has 0 aliphatic rings. The maximum Gasteiger partial charge on any atom is 0.416 e. The number of alkyl halides is 3. The number of nitrogens with one attached hydrogen (secondary N) is 2. The van der Waals surface area contributed by atoms with Crippen molar-refractivity contribution in [2.24, 2.45) is 0 Å². The van der Waals surface area contributed by atoms with Crippen LogP contribution in [0.3, 0.4) is 0 Å². The Bertz CT molecular complexity index is 1810. The molecule has 1 atom stereocenters. The second kappa shape index (κ2) is 12.2. The third kappa shape index (κ3) is 6.54. The number of rotatable bonds is 7. The Labute approximate surface area is 244 Å². The topological polar surface area (TPSA) is 97.4 Å². The van der Waals surface area contributed by atoms with Crippen LogP contribution in [0.1, 0.15) is 37.9 Å². The van der Waals surface area contributed by atoms with Crippen LogP contribution in [0, 0.1) is 0 Å². The predicted octanol–water partition coefficient (Wildman–Crippen LogP) is 6.82. The number of halogens is 3. The Morgan fingerprint density at radius 1 is 0.791 bits per heavy atom. The van der Waals surface area contributed by atoms with Gasteiger partial charge in [0, 0.05) is 16.5 Å². The average Bonchev–Trinajstić information content (AvgIpc) is 3.03. The van der Waals surface area contributed by atoms with E-state index in [1.165, 1.54) is 19.2 Å².